The van der Waals surface area contributed by atoms with Gasteiger partial charge in [-0.05, 0) is 79.6 Å². The minimum atomic E-state index is -4.82. The molecule has 0 spiro atoms. The van der Waals surface area contributed by atoms with Crippen LogP contribution in [0, 0.1) is 11.7 Å². The van der Waals surface area contributed by atoms with E-state index >= 15 is 13.2 Å². The number of piperidine rings is 1. The summed E-state index contributed by atoms with van der Waals surface area (Å²) in [7, 11) is 0.270. The van der Waals surface area contributed by atoms with Gasteiger partial charge >= 0.3 is 6.18 Å². The van der Waals surface area contributed by atoms with Gasteiger partial charge in [-0.2, -0.15) is 13.2 Å². The SMILES string of the molecule is C[C@H]1CCCN(Cc2nc3c(C(F)(F)F)cn(-c4cc(-c5ccc(F)cc5-c5nncn5C)cc(C5CC5)n4)c(=O)c3n2COCC[Si](C)(C)C)C1. The molecular formula is C37H44F4N8O2Si. The quantitative estimate of drug-likeness (QED) is 0.0782. The van der Waals surface area contributed by atoms with Crippen molar-refractivity contribution in [3.63, 3.8) is 0 Å². The molecule has 0 radical (unpaired) electrons. The number of aromatic nitrogens is 7. The summed E-state index contributed by atoms with van der Waals surface area (Å²) in [5.74, 6) is 0.846. The first kappa shape index (κ1) is 36.2. The maximum absolute atomic E-state index is 15.0. The smallest absolute Gasteiger partial charge is 0.361 e. The summed E-state index contributed by atoms with van der Waals surface area (Å²) < 4.78 is 69.9. The Morgan fingerprint density at radius 3 is 2.50 bits per heavy atom. The third kappa shape index (κ3) is 7.62. The summed E-state index contributed by atoms with van der Waals surface area (Å²) in [5, 5.41) is 8.13. The van der Waals surface area contributed by atoms with Gasteiger partial charge in [-0.25, -0.2) is 14.4 Å². The van der Waals surface area contributed by atoms with E-state index in [9.17, 15) is 9.18 Å². The van der Waals surface area contributed by atoms with Crippen LogP contribution >= 0.6 is 0 Å². The van der Waals surface area contributed by atoms with E-state index in [0.29, 0.717) is 53.1 Å². The average molecular weight is 737 g/mol. The number of halogens is 4. The zero-order valence-corrected chi connectivity index (χ0v) is 31.2. The Kier molecular flexibility index (Phi) is 9.72. The van der Waals surface area contributed by atoms with Crippen LogP contribution in [0.1, 0.15) is 55.6 Å². The lowest BCUT2D eigenvalue weighted by Gasteiger charge is -2.30. The topological polar surface area (TPSA) is 95.9 Å². The van der Waals surface area contributed by atoms with Crippen molar-refractivity contribution in [3.05, 3.63) is 76.1 Å². The molecule has 1 aliphatic heterocycles. The lowest BCUT2D eigenvalue weighted by atomic mass is 9.98. The maximum Gasteiger partial charge on any atom is 0.419 e. The van der Waals surface area contributed by atoms with Crippen molar-refractivity contribution < 1.29 is 22.3 Å². The molecule has 1 saturated carbocycles. The Morgan fingerprint density at radius 2 is 1.83 bits per heavy atom. The van der Waals surface area contributed by atoms with Crippen LogP contribution in [0.5, 0.6) is 0 Å². The van der Waals surface area contributed by atoms with Crippen molar-refractivity contribution >= 4 is 19.1 Å². The monoisotopic (exact) mass is 736 g/mol. The Morgan fingerprint density at radius 1 is 1.04 bits per heavy atom. The molecule has 1 atom stereocenters. The van der Waals surface area contributed by atoms with Gasteiger partial charge in [0.1, 0.15) is 47.1 Å². The third-order valence-electron chi connectivity index (χ3n) is 9.93. The molecule has 52 heavy (non-hydrogen) atoms. The summed E-state index contributed by atoms with van der Waals surface area (Å²) in [6.45, 7) is 11.0. The van der Waals surface area contributed by atoms with Gasteiger partial charge in [-0.3, -0.25) is 18.8 Å². The molecule has 10 nitrogen and oxygen atoms in total. The second-order valence-corrected chi connectivity index (χ2v) is 21.2. The number of alkyl halides is 3. The number of hydrogen-bond donors (Lipinski definition) is 0. The number of imidazole rings is 1. The average Bonchev–Trinajstić information content (AvgIpc) is 3.74. The molecule has 0 amide bonds. The van der Waals surface area contributed by atoms with E-state index in [2.05, 4.69) is 46.6 Å². The fourth-order valence-corrected chi connectivity index (χ4v) is 7.71. The molecule has 5 heterocycles. The largest absolute Gasteiger partial charge is 0.419 e. The molecule has 276 valence electrons. The van der Waals surface area contributed by atoms with Crippen LogP contribution < -0.4 is 5.56 Å². The van der Waals surface area contributed by atoms with Crippen LogP contribution in [0.3, 0.4) is 0 Å². The van der Waals surface area contributed by atoms with Crippen LogP contribution in [0.15, 0.2) is 47.7 Å². The van der Waals surface area contributed by atoms with E-state index in [0.717, 1.165) is 55.6 Å². The van der Waals surface area contributed by atoms with E-state index in [1.807, 2.05) is 6.07 Å². The molecule has 15 heteroatoms. The van der Waals surface area contributed by atoms with Gasteiger partial charge in [-0.1, -0.05) is 32.6 Å². The molecule has 5 aromatic rings. The normalized spacial score (nSPS) is 17.4. The van der Waals surface area contributed by atoms with Crippen LogP contribution in [-0.4, -0.2) is 66.5 Å². The van der Waals surface area contributed by atoms with Crippen LogP contribution in [-0.2, 0) is 31.2 Å². The van der Waals surface area contributed by atoms with E-state index in [1.165, 1.54) is 23.0 Å². The van der Waals surface area contributed by atoms with Crippen molar-refractivity contribution in [2.24, 2.45) is 13.0 Å². The summed E-state index contributed by atoms with van der Waals surface area (Å²) in [6.07, 6.45) is 1.28. The molecule has 1 aliphatic carbocycles. The molecule has 4 aromatic heterocycles. The number of likely N-dealkylation sites (tertiary alicyclic amines) is 1. The first-order valence-electron chi connectivity index (χ1n) is 17.8. The highest BCUT2D eigenvalue weighted by Crippen LogP contribution is 2.42. The first-order valence-corrected chi connectivity index (χ1v) is 21.6. The van der Waals surface area contributed by atoms with Gasteiger partial charge in [0.05, 0.1) is 6.54 Å². The number of nitrogens with zero attached hydrogens (tertiary/aromatic N) is 8. The predicted octanol–water partition coefficient (Wildman–Crippen LogP) is 7.62. The zero-order valence-electron chi connectivity index (χ0n) is 30.2. The van der Waals surface area contributed by atoms with E-state index in [4.69, 9.17) is 9.72 Å². The highest BCUT2D eigenvalue weighted by molar-refractivity contribution is 6.76. The molecule has 0 N–H and O–H groups in total. The van der Waals surface area contributed by atoms with Crippen LogP contribution in [0.25, 0.3) is 39.4 Å². The van der Waals surface area contributed by atoms with Gasteiger partial charge in [0, 0.05) is 51.6 Å². The van der Waals surface area contributed by atoms with Crippen molar-refractivity contribution in [2.75, 3.05) is 19.7 Å². The zero-order chi connectivity index (χ0) is 36.9. The Balaban J connectivity index is 1.41. The molecule has 2 fully saturated rings. The van der Waals surface area contributed by atoms with Crippen LogP contribution in [0.2, 0.25) is 25.7 Å². The third-order valence-corrected chi connectivity index (χ3v) is 11.6. The van der Waals surface area contributed by atoms with E-state index < -0.39 is 36.7 Å². The fraction of sp³-hybridized carbons (Fsp3) is 0.486. The second kappa shape index (κ2) is 14.0. The predicted molar refractivity (Wildman–Crippen MR) is 193 cm³/mol. The van der Waals surface area contributed by atoms with Crippen LogP contribution in [0.4, 0.5) is 17.6 Å². The summed E-state index contributed by atoms with van der Waals surface area (Å²) in [6, 6.07) is 8.56. The minimum absolute atomic E-state index is 0.0313. The highest BCUT2D eigenvalue weighted by Gasteiger charge is 2.37. The number of benzene rings is 1. The van der Waals surface area contributed by atoms with Gasteiger partial charge in [0.2, 0.25) is 0 Å². The van der Waals surface area contributed by atoms with Crippen molar-refractivity contribution in [3.8, 4) is 28.3 Å². The minimum Gasteiger partial charge on any atom is -0.361 e. The van der Waals surface area contributed by atoms with Crippen molar-refractivity contribution in [2.45, 2.75) is 83.7 Å². The van der Waals surface area contributed by atoms with Gasteiger partial charge in [-0.15, -0.1) is 10.2 Å². The lowest BCUT2D eigenvalue weighted by molar-refractivity contribution is -0.136. The standard InChI is InChI=1S/C37H44F4N8O2Si/c1-23-7-6-12-47(18-23)20-32-44-33-29(37(39,40)41)19-48(36(50)34(33)49(32)22-51-13-14-52(3,4)5)31-16-25(15-30(43-31)24-8-9-24)27-11-10-26(38)17-28(27)35-45-42-21-46(35)2/h10-11,15-17,19,21,23-24H,6-9,12-14,18,20,22H2,1-5H3/t23-/m0/s1. The van der Waals surface area contributed by atoms with Gasteiger partial charge < -0.3 is 9.30 Å². The molecule has 7 rings (SSSR count). The molecule has 1 saturated heterocycles. The van der Waals surface area contributed by atoms with E-state index in [1.54, 1.807) is 23.7 Å². The molecule has 2 aliphatic rings. The summed E-state index contributed by atoms with van der Waals surface area (Å²) >= 11 is 0. The van der Waals surface area contributed by atoms with E-state index in [-0.39, 0.29) is 24.0 Å². The van der Waals surface area contributed by atoms with Gasteiger partial charge in [0.25, 0.3) is 5.56 Å². The first-order chi connectivity index (χ1) is 24.7. The molecule has 1 aromatic carbocycles. The highest BCUT2D eigenvalue weighted by atomic mass is 28.3. The second-order valence-electron chi connectivity index (χ2n) is 15.6. The number of ether oxygens (including phenoxy) is 1. The Hall–Kier alpha value is -4.21. The lowest BCUT2D eigenvalue weighted by Crippen LogP contribution is -2.34. The van der Waals surface area contributed by atoms with Crippen molar-refractivity contribution in [1.82, 2.24) is 38.8 Å². The van der Waals surface area contributed by atoms with Crippen molar-refractivity contribution in [1.29, 1.82) is 0 Å². The molecule has 0 unspecified atom stereocenters. The summed E-state index contributed by atoms with van der Waals surface area (Å²) in [4.78, 5) is 26.1. The number of aryl methyl sites for hydroxylation is 1. The molecular weight excluding hydrogens is 693 g/mol. The number of fused-ring (bicyclic) bond motifs is 1. The van der Waals surface area contributed by atoms with Gasteiger partial charge in [0.15, 0.2) is 5.82 Å². The Bertz CT molecular complexity index is 2170. The molecule has 0 bridgehead atoms. The maximum atomic E-state index is 15.0. The summed E-state index contributed by atoms with van der Waals surface area (Å²) in [5.41, 5.74) is -0.0543. The number of rotatable bonds is 11. The Labute approximate surface area is 300 Å². The fourth-order valence-electron chi connectivity index (χ4n) is 6.95. The number of hydrogen-bond acceptors (Lipinski definition) is 7. The number of pyridine rings is 2.